The minimum atomic E-state index is -0.832. The SMILES string of the molecule is Cc1cc(CC(N)Cc2cccc(F)c2F)n(C)n1. The van der Waals surface area contributed by atoms with E-state index >= 15 is 0 Å². The maximum atomic E-state index is 13.5. The quantitative estimate of drug-likeness (QED) is 0.920. The minimum absolute atomic E-state index is 0.272. The first-order valence-corrected chi connectivity index (χ1v) is 6.15. The largest absolute Gasteiger partial charge is 0.327 e. The third kappa shape index (κ3) is 3.17. The fourth-order valence-electron chi connectivity index (χ4n) is 2.18. The summed E-state index contributed by atoms with van der Waals surface area (Å²) in [5.74, 6) is -1.64. The highest BCUT2D eigenvalue weighted by molar-refractivity contribution is 5.20. The molecule has 1 heterocycles. The van der Waals surface area contributed by atoms with Crippen molar-refractivity contribution in [2.45, 2.75) is 25.8 Å². The van der Waals surface area contributed by atoms with E-state index in [4.69, 9.17) is 5.73 Å². The lowest BCUT2D eigenvalue weighted by Gasteiger charge is -2.12. The van der Waals surface area contributed by atoms with Gasteiger partial charge < -0.3 is 5.73 Å². The summed E-state index contributed by atoms with van der Waals surface area (Å²) in [5, 5.41) is 4.23. The molecule has 19 heavy (non-hydrogen) atoms. The van der Waals surface area contributed by atoms with Gasteiger partial charge in [-0.25, -0.2) is 8.78 Å². The first-order chi connectivity index (χ1) is 8.97. The molecule has 1 aromatic heterocycles. The summed E-state index contributed by atoms with van der Waals surface area (Å²) in [7, 11) is 1.85. The molecule has 0 fully saturated rings. The molecule has 102 valence electrons. The van der Waals surface area contributed by atoms with Crippen LogP contribution in [-0.2, 0) is 19.9 Å². The molecular weight excluding hydrogens is 248 g/mol. The van der Waals surface area contributed by atoms with E-state index in [2.05, 4.69) is 5.10 Å². The van der Waals surface area contributed by atoms with Gasteiger partial charge in [-0.1, -0.05) is 12.1 Å². The van der Waals surface area contributed by atoms with Crippen LogP contribution in [0, 0.1) is 18.6 Å². The van der Waals surface area contributed by atoms with Crippen molar-refractivity contribution in [2.24, 2.45) is 12.8 Å². The molecule has 0 aliphatic heterocycles. The second-order valence-corrected chi connectivity index (χ2v) is 4.78. The van der Waals surface area contributed by atoms with Gasteiger partial charge in [0.1, 0.15) is 0 Å². The van der Waals surface area contributed by atoms with E-state index in [1.54, 1.807) is 10.7 Å². The van der Waals surface area contributed by atoms with Gasteiger partial charge in [-0.3, -0.25) is 4.68 Å². The Labute approximate surface area is 111 Å². The lowest BCUT2D eigenvalue weighted by Crippen LogP contribution is -2.27. The normalized spacial score (nSPS) is 12.7. The van der Waals surface area contributed by atoms with Crippen LogP contribution >= 0.6 is 0 Å². The summed E-state index contributed by atoms with van der Waals surface area (Å²) in [6.45, 7) is 1.90. The predicted molar refractivity (Wildman–Crippen MR) is 69.7 cm³/mol. The fraction of sp³-hybridized carbons (Fsp3) is 0.357. The number of aryl methyl sites for hydroxylation is 2. The zero-order valence-electron chi connectivity index (χ0n) is 11.0. The lowest BCUT2D eigenvalue weighted by atomic mass is 10.0. The van der Waals surface area contributed by atoms with Crippen molar-refractivity contribution >= 4 is 0 Å². The zero-order valence-corrected chi connectivity index (χ0v) is 11.0. The number of aromatic nitrogens is 2. The van der Waals surface area contributed by atoms with E-state index < -0.39 is 11.6 Å². The Balaban J connectivity index is 2.07. The van der Waals surface area contributed by atoms with Gasteiger partial charge >= 0.3 is 0 Å². The van der Waals surface area contributed by atoms with Crippen molar-refractivity contribution in [3.05, 3.63) is 52.9 Å². The summed E-state index contributed by atoms with van der Waals surface area (Å²) in [6, 6.07) is 5.84. The topological polar surface area (TPSA) is 43.8 Å². The highest BCUT2D eigenvalue weighted by atomic mass is 19.2. The Morgan fingerprint density at radius 3 is 2.68 bits per heavy atom. The van der Waals surface area contributed by atoms with Crippen molar-refractivity contribution in [1.82, 2.24) is 9.78 Å². The molecule has 0 bridgehead atoms. The summed E-state index contributed by atoms with van der Waals surface area (Å²) in [4.78, 5) is 0. The Morgan fingerprint density at radius 1 is 1.32 bits per heavy atom. The van der Waals surface area contributed by atoms with Gasteiger partial charge in [0.25, 0.3) is 0 Å². The van der Waals surface area contributed by atoms with Crippen molar-refractivity contribution in [1.29, 1.82) is 0 Å². The standard InChI is InChI=1S/C14H17F2N3/c1-9-6-12(19(2)18-9)8-11(17)7-10-4-3-5-13(15)14(10)16/h3-6,11H,7-8,17H2,1-2H3. The van der Waals surface area contributed by atoms with Gasteiger partial charge in [0.15, 0.2) is 11.6 Å². The van der Waals surface area contributed by atoms with Crippen LogP contribution < -0.4 is 5.73 Å². The smallest absolute Gasteiger partial charge is 0.162 e. The molecule has 1 aromatic carbocycles. The molecule has 0 radical (unpaired) electrons. The monoisotopic (exact) mass is 265 g/mol. The summed E-state index contributed by atoms with van der Waals surface area (Å²) in [5.41, 5.74) is 8.22. The van der Waals surface area contributed by atoms with Crippen LogP contribution in [0.4, 0.5) is 8.78 Å². The Morgan fingerprint density at radius 2 is 2.05 bits per heavy atom. The third-order valence-corrected chi connectivity index (χ3v) is 3.08. The van der Waals surface area contributed by atoms with E-state index in [1.165, 1.54) is 6.07 Å². The van der Waals surface area contributed by atoms with Gasteiger partial charge in [-0.05, 0) is 31.0 Å². The second kappa shape index (κ2) is 5.48. The van der Waals surface area contributed by atoms with Crippen LogP contribution in [0.25, 0.3) is 0 Å². The first kappa shape index (κ1) is 13.7. The molecule has 0 saturated carbocycles. The second-order valence-electron chi connectivity index (χ2n) is 4.78. The van der Waals surface area contributed by atoms with Gasteiger partial charge in [0.2, 0.25) is 0 Å². The number of rotatable bonds is 4. The van der Waals surface area contributed by atoms with Gasteiger partial charge in [0.05, 0.1) is 5.69 Å². The van der Waals surface area contributed by atoms with Crippen LogP contribution in [0.15, 0.2) is 24.3 Å². The van der Waals surface area contributed by atoms with Gasteiger partial charge in [0, 0.05) is 25.2 Å². The molecule has 0 amide bonds. The van der Waals surface area contributed by atoms with Crippen LogP contribution in [0.5, 0.6) is 0 Å². The number of hydrogen-bond donors (Lipinski definition) is 1. The lowest BCUT2D eigenvalue weighted by molar-refractivity contribution is 0.491. The summed E-state index contributed by atoms with van der Waals surface area (Å²) >= 11 is 0. The van der Waals surface area contributed by atoms with E-state index in [0.29, 0.717) is 18.4 Å². The Kier molecular flexibility index (Phi) is 3.95. The Hall–Kier alpha value is -1.75. The molecule has 3 nitrogen and oxygen atoms in total. The number of nitrogens with zero attached hydrogens (tertiary/aromatic N) is 2. The zero-order chi connectivity index (χ0) is 14.0. The van der Waals surface area contributed by atoms with Crippen LogP contribution in [0.2, 0.25) is 0 Å². The third-order valence-electron chi connectivity index (χ3n) is 3.08. The van der Waals surface area contributed by atoms with Crippen molar-refractivity contribution in [2.75, 3.05) is 0 Å². The van der Waals surface area contributed by atoms with Crippen molar-refractivity contribution in [3.63, 3.8) is 0 Å². The molecule has 2 N–H and O–H groups in total. The van der Waals surface area contributed by atoms with Gasteiger partial charge in [-0.15, -0.1) is 0 Å². The maximum Gasteiger partial charge on any atom is 0.162 e. The average Bonchev–Trinajstić information content (AvgIpc) is 2.64. The molecule has 0 aliphatic carbocycles. The first-order valence-electron chi connectivity index (χ1n) is 6.15. The number of nitrogens with two attached hydrogens (primary N) is 1. The van der Waals surface area contributed by atoms with Crippen molar-refractivity contribution < 1.29 is 8.78 Å². The van der Waals surface area contributed by atoms with Gasteiger partial charge in [-0.2, -0.15) is 5.10 Å². The van der Waals surface area contributed by atoms with E-state index in [0.717, 1.165) is 17.5 Å². The molecule has 1 atom stereocenters. The molecule has 1 unspecified atom stereocenters. The molecule has 0 spiro atoms. The number of benzene rings is 1. The predicted octanol–water partition coefficient (Wildman–Crippen LogP) is 2.12. The maximum absolute atomic E-state index is 13.5. The molecule has 0 saturated heterocycles. The summed E-state index contributed by atoms with van der Waals surface area (Å²) in [6.07, 6.45) is 0.876. The highest BCUT2D eigenvalue weighted by Gasteiger charge is 2.13. The molecule has 2 rings (SSSR count). The molecule has 5 heteroatoms. The van der Waals surface area contributed by atoms with E-state index in [-0.39, 0.29) is 6.04 Å². The highest BCUT2D eigenvalue weighted by Crippen LogP contribution is 2.14. The molecular formula is C14H17F2N3. The van der Waals surface area contributed by atoms with Crippen LogP contribution in [0.3, 0.4) is 0 Å². The van der Waals surface area contributed by atoms with Crippen LogP contribution in [0.1, 0.15) is 17.0 Å². The minimum Gasteiger partial charge on any atom is -0.327 e. The average molecular weight is 265 g/mol. The molecule has 0 aliphatic rings. The van der Waals surface area contributed by atoms with Crippen LogP contribution in [-0.4, -0.2) is 15.8 Å². The Bertz CT molecular complexity index is 578. The van der Waals surface area contributed by atoms with Crippen molar-refractivity contribution in [3.8, 4) is 0 Å². The number of halogens is 2. The van der Waals surface area contributed by atoms with E-state index in [9.17, 15) is 8.78 Å². The fourth-order valence-corrected chi connectivity index (χ4v) is 2.18. The van der Waals surface area contributed by atoms with E-state index in [1.807, 2.05) is 20.0 Å². The summed E-state index contributed by atoms with van der Waals surface area (Å²) < 4.78 is 28.4. The molecule has 2 aromatic rings. The number of hydrogen-bond acceptors (Lipinski definition) is 2.